The smallest absolute Gasteiger partial charge is 0.0896 e. The molecule has 0 amide bonds. The van der Waals surface area contributed by atoms with Crippen molar-refractivity contribution in [2.45, 2.75) is 19.3 Å². The lowest BCUT2D eigenvalue weighted by Gasteiger charge is -2.10. The largest absolute Gasteiger partial charge is 0.198 e. The summed E-state index contributed by atoms with van der Waals surface area (Å²) in [5.74, 6) is 0.266. The SMILES string of the molecule is CC(c1ccc2c(c1)Cc1ccccc1-2)c1cn[nH]n1. The Morgan fingerprint density at radius 2 is 1.90 bits per heavy atom. The quantitative estimate of drug-likeness (QED) is 0.599. The molecule has 3 aromatic rings. The first kappa shape index (κ1) is 11.4. The lowest BCUT2D eigenvalue weighted by molar-refractivity contribution is 0.840. The van der Waals surface area contributed by atoms with E-state index in [1.165, 1.54) is 27.8 Å². The van der Waals surface area contributed by atoms with Gasteiger partial charge in [0.15, 0.2) is 0 Å². The second-order valence-corrected chi connectivity index (χ2v) is 5.37. The van der Waals surface area contributed by atoms with Crippen molar-refractivity contribution in [3.8, 4) is 11.1 Å². The number of benzene rings is 2. The van der Waals surface area contributed by atoms with Crippen LogP contribution >= 0.6 is 0 Å². The van der Waals surface area contributed by atoms with Crippen molar-refractivity contribution >= 4 is 0 Å². The molecule has 3 heteroatoms. The van der Waals surface area contributed by atoms with E-state index < -0.39 is 0 Å². The van der Waals surface area contributed by atoms with Gasteiger partial charge in [0, 0.05) is 5.92 Å². The van der Waals surface area contributed by atoms with Crippen molar-refractivity contribution < 1.29 is 0 Å². The van der Waals surface area contributed by atoms with Crippen LogP contribution in [-0.4, -0.2) is 15.4 Å². The second-order valence-electron chi connectivity index (χ2n) is 5.37. The van der Waals surface area contributed by atoms with E-state index in [0.717, 1.165) is 12.1 Å². The fraction of sp³-hybridized carbons (Fsp3) is 0.176. The summed E-state index contributed by atoms with van der Waals surface area (Å²) < 4.78 is 0. The van der Waals surface area contributed by atoms with Crippen LogP contribution in [0.3, 0.4) is 0 Å². The summed E-state index contributed by atoms with van der Waals surface area (Å²) in [5, 5.41) is 10.8. The van der Waals surface area contributed by atoms with Crippen molar-refractivity contribution in [2.75, 3.05) is 0 Å². The fourth-order valence-electron chi connectivity index (χ4n) is 3.02. The lowest BCUT2D eigenvalue weighted by atomic mass is 9.94. The third-order valence-corrected chi connectivity index (χ3v) is 4.20. The molecule has 1 N–H and O–H groups in total. The van der Waals surface area contributed by atoms with Crippen LogP contribution in [0.25, 0.3) is 11.1 Å². The average molecular weight is 261 g/mol. The minimum absolute atomic E-state index is 0.266. The van der Waals surface area contributed by atoms with Gasteiger partial charge in [-0.15, -0.1) is 0 Å². The molecule has 1 heterocycles. The number of hydrogen-bond donors (Lipinski definition) is 1. The topological polar surface area (TPSA) is 41.6 Å². The zero-order valence-corrected chi connectivity index (χ0v) is 11.3. The van der Waals surface area contributed by atoms with Crippen LogP contribution < -0.4 is 0 Å². The summed E-state index contributed by atoms with van der Waals surface area (Å²) >= 11 is 0. The van der Waals surface area contributed by atoms with Crippen LogP contribution in [0.4, 0.5) is 0 Å². The molecule has 1 aromatic heterocycles. The highest BCUT2D eigenvalue weighted by atomic mass is 15.3. The molecule has 4 rings (SSSR count). The number of aromatic nitrogens is 3. The minimum atomic E-state index is 0.266. The molecule has 3 nitrogen and oxygen atoms in total. The number of nitrogens with zero attached hydrogens (tertiary/aromatic N) is 2. The van der Waals surface area contributed by atoms with Crippen molar-refractivity contribution in [2.24, 2.45) is 0 Å². The highest BCUT2D eigenvalue weighted by Crippen LogP contribution is 2.38. The van der Waals surface area contributed by atoms with Gasteiger partial charge in [-0.3, -0.25) is 0 Å². The van der Waals surface area contributed by atoms with E-state index in [0.29, 0.717) is 0 Å². The molecular weight excluding hydrogens is 246 g/mol. The van der Waals surface area contributed by atoms with Crippen molar-refractivity contribution in [1.29, 1.82) is 0 Å². The maximum Gasteiger partial charge on any atom is 0.0896 e. The van der Waals surface area contributed by atoms with E-state index >= 15 is 0 Å². The van der Waals surface area contributed by atoms with Crippen LogP contribution in [0.15, 0.2) is 48.7 Å². The molecule has 0 fully saturated rings. The minimum Gasteiger partial charge on any atom is -0.198 e. The summed E-state index contributed by atoms with van der Waals surface area (Å²) in [5.41, 5.74) is 7.87. The molecular formula is C17H15N3. The van der Waals surface area contributed by atoms with Crippen LogP contribution in [0.5, 0.6) is 0 Å². The Morgan fingerprint density at radius 3 is 2.75 bits per heavy atom. The van der Waals surface area contributed by atoms with Gasteiger partial charge in [-0.2, -0.15) is 15.4 Å². The molecule has 2 aromatic carbocycles. The molecule has 0 aliphatic heterocycles. The predicted octanol–water partition coefficient (Wildman–Crippen LogP) is 3.53. The van der Waals surface area contributed by atoms with Gasteiger partial charge in [0.2, 0.25) is 0 Å². The Kier molecular flexibility index (Phi) is 2.46. The number of nitrogens with one attached hydrogen (secondary N) is 1. The molecule has 20 heavy (non-hydrogen) atoms. The van der Waals surface area contributed by atoms with Gasteiger partial charge in [-0.1, -0.05) is 49.4 Å². The Labute approximate surface area is 117 Å². The highest BCUT2D eigenvalue weighted by Gasteiger charge is 2.20. The summed E-state index contributed by atoms with van der Waals surface area (Å²) in [7, 11) is 0. The number of aromatic amines is 1. The van der Waals surface area contributed by atoms with Gasteiger partial charge in [0.05, 0.1) is 11.9 Å². The Hall–Kier alpha value is -2.42. The van der Waals surface area contributed by atoms with E-state index in [2.05, 4.69) is 64.8 Å². The zero-order chi connectivity index (χ0) is 13.5. The average Bonchev–Trinajstić information content (AvgIpc) is 3.13. The normalized spacial score (nSPS) is 13.8. The molecule has 0 saturated heterocycles. The van der Waals surface area contributed by atoms with Crippen LogP contribution in [-0.2, 0) is 6.42 Å². The second kappa shape index (κ2) is 4.30. The standard InChI is InChI=1S/C17H15N3/c1-11(17-10-18-20-19-17)12-6-7-16-14(8-12)9-13-4-2-3-5-15(13)16/h2-8,10-11H,9H2,1H3,(H,18,19,20). The summed E-state index contributed by atoms with van der Waals surface area (Å²) in [6, 6.07) is 15.4. The lowest BCUT2D eigenvalue weighted by Crippen LogP contribution is -1.97. The molecule has 1 aliphatic rings. The first-order chi connectivity index (χ1) is 9.83. The van der Waals surface area contributed by atoms with Gasteiger partial charge in [0.25, 0.3) is 0 Å². The highest BCUT2D eigenvalue weighted by molar-refractivity contribution is 5.77. The van der Waals surface area contributed by atoms with Crippen molar-refractivity contribution in [3.63, 3.8) is 0 Å². The zero-order valence-electron chi connectivity index (χ0n) is 11.3. The Morgan fingerprint density at radius 1 is 1.05 bits per heavy atom. The maximum absolute atomic E-state index is 4.19. The number of H-pyrrole nitrogens is 1. The molecule has 1 aliphatic carbocycles. The van der Waals surface area contributed by atoms with Gasteiger partial charge in [-0.25, -0.2) is 0 Å². The molecule has 1 unspecified atom stereocenters. The maximum atomic E-state index is 4.19. The number of rotatable bonds is 2. The van der Waals surface area contributed by atoms with Gasteiger partial charge < -0.3 is 0 Å². The fourth-order valence-corrected chi connectivity index (χ4v) is 3.02. The van der Waals surface area contributed by atoms with E-state index in [-0.39, 0.29) is 5.92 Å². The van der Waals surface area contributed by atoms with E-state index in [9.17, 15) is 0 Å². The van der Waals surface area contributed by atoms with Gasteiger partial charge in [0.1, 0.15) is 0 Å². The summed E-state index contributed by atoms with van der Waals surface area (Å²) in [6.45, 7) is 2.17. The summed E-state index contributed by atoms with van der Waals surface area (Å²) in [4.78, 5) is 0. The Balaban J connectivity index is 1.75. The first-order valence-corrected chi connectivity index (χ1v) is 6.89. The Bertz CT molecular complexity index is 760. The van der Waals surface area contributed by atoms with Crippen LogP contribution in [0.2, 0.25) is 0 Å². The number of hydrogen-bond acceptors (Lipinski definition) is 2. The third-order valence-electron chi connectivity index (χ3n) is 4.20. The van der Waals surface area contributed by atoms with E-state index in [1.807, 2.05) is 0 Å². The van der Waals surface area contributed by atoms with E-state index in [1.54, 1.807) is 6.20 Å². The molecule has 1 atom stereocenters. The monoisotopic (exact) mass is 261 g/mol. The molecule has 0 spiro atoms. The molecule has 98 valence electrons. The van der Waals surface area contributed by atoms with Crippen LogP contribution in [0.1, 0.15) is 35.2 Å². The molecule has 0 saturated carbocycles. The van der Waals surface area contributed by atoms with Crippen LogP contribution in [0, 0.1) is 0 Å². The molecule has 0 radical (unpaired) electrons. The third kappa shape index (κ3) is 1.67. The number of fused-ring (bicyclic) bond motifs is 3. The first-order valence-electron chi connectivity index (χ1n) is 6.89. The van der Waals surface area contributed by atoms with Gasteiger partial charge >= 0.3 is 0 Å². The van der Waals surface area contributed by atoms with Crippen molar-refractivity contribution in [3.05, 3.63) is 71.0 Å². The summed E-state index contributed by atoms with van der Waals surface area (Å²) in [6.07, 6.45) is 2.83. The van der Waals surface area contributed by atoms with E-state index in [4.69, 9.17) is 0 Å². The van der Waals surface area contributed by atoms with Gasteiger partial charge in [-0.05, 0) is 34.2 Å². The predicted molar refractivity (Wildman–Crippen MR) is 78.6 cm³/mol. The molecule has 0 bridgehead atoms. The van der Waals surface area contributed by atoms with Crippen molar-refractivity contribution in [1.82, 2.24) is 15.4 Å².